The summed E-state index contributed by atoms with van der Waals surface area (Å²) >= 11 is 0. The molecule has 1 unspecified atom stereocenters. The van der Waals surface area contributed by atoms with Gasteiger partial charge in [0.25, 0.3) is 0 Å². The maximum atomic E-state index is 8.93. The zero-order valence-corrected chi connectivity index (χ0v) is 9.22. The SMILES string of the molecule is CCN(CC)c1nccc(C(N)CO)n1. The van der Waals surface area contributed by atoms with Gasteiger partial charge in [0.1, 0.15) is 0 Å². The van der Waals surface area contributed by atoms with E-state index in [1.807, 2.05) is 18.7 Å². The van der Waals surface area contributed by atoms with E-state index >= 15 is 0 Å². The molecule has 0 aliphatic rings. The van der Waals surface area contributed by atoms with Crippen LogP contribution in [0.5, 0.6) is 0 Å². The minimum Gasteiger partial charge on any atom is -0.394 e. The number of anilines is 1. The van der Waals surface area contributed by atoms with Gasteiger partial charge >= 0.3 is 0 Å². The van der Waals surface area contributed by atoms with Gasteiger partial charge < -0.3 is 15.7 Å². The number of aliphatic hydroxyl groups is 1. The third-order valence-corrected chi connectivity index (χ3v) is 2.29. The summed E-state index contributed by atoms with van der Waals surface area (Å²) in [6, 6.07) is 1.30. The summed E-state index contributed by atoms with van der Waals surface area (Å²) in [6.07, 6.45) is 1.67. The van der Waals surface area contributed by atoms with Crippen molar-refractivity contribution in [2.24, 2.45) is 5.73 Å². The van der Waals surface area contributed by atoms with Gasteiger partial charge in [0.15, 0.2) is 0 Å². The Balaban J connectivity index is 2.91. The molecule has 5 nitrogen and oxygen atoms in total. The summed E-state index contributed by atoms with van der Waals surface area (Å²) in [7, 11) is 0. The van der Waals surface area contributed by atoms with E-state index in [2.05, 4.69) is 9.97 Å². The second kappa shape index (κ2) is 5.63. The summed E-state index contributed by atoms with van der Waals surface area (Å²) in [5.74, 6) is 0.668. The predicted octanol–water partition coefficient (Wildman–Crippen LogP) is 0.315. The van der Waals surface area contributed by atoms with Crippen LogP contribution in [0.15, 0.2) is 12.3 Å². The highest BCUT2D eigenvalue weighted by Crippen LogP contribution is 2.11. The first-order chi connectivity index (χ1) is 7.22. The van der Waals surface area contributed by atoms with Crippen LogP contribution in [0.4, 0.5) is 5.95 Å². The van der Waals surface area contributed by atoms with Crippen LogP contribution < -0.4 is 10.6 Å². The Kier molecular flexibility index (Phi) is 4.45. The second-order valence-corrected chi connectivity index (χ2v) is 3.24. The van der Waals surface area contributed by atoms with Gasteiger partial charge in [-0.2, -0.15) is 0 Å². The predicted molar refractivity (Wildman–Crippen MR) is 59.6 cm³/mol. The number of rotatable bonds is 5. The van der Waals surface area contributed by atoms with Crippen molar-refractivity contribution in [3.63, 3.8) is 0 Å². The molecule has 0 aliphatic carbocycles. The Hall–Kier alpha value is -1.20. The highest BCUT2D eigenvalue weighted by Gasteiger charge is 2.10. The first-order valence-electron chi connectivity index (χ1n) is 5.17. The van der Waals surface area contributed by atoms with Gasteiger partial charge in [-0.25, -0.2) is 9.97 Å². The maximum absolute atomic E-state index is 8.93. The monoisotopic (exact) mass is 210 g/mol. The molecule has 3 N–H and O–H groups in total. The van der Waals surface area contributed by atoms with Crippen molar-refractivity contribution in [3.8, 4) is 0 Å². The molecule has 1 heterocycles. The van der Waals surface area contributed by atoms with Crippen molar-refractivity contribution in [3.05, 3.63) is 18.0 Å². The van der Waals surface area contributed by atoms with E-state index in [-0.39, 0.29) is 6.61 Å². The Morgan fingerprint density at radius 1 is 1.47 bits per heavy atom. The fourth-order valence-electron chi connectivity index (χ4n) is 1.32. The molecule has 0 saturated carbocycles. The standard InChI is InChI=1S/C10H18N4O/c1-3-14(4-2)10-12-6-5-9(13-10)8(11)7-15/h5-6,8,15H,3-4,7,11H2,1-2H3. The molecule has 1 atom stereocenters. The lowest BCUT2D eigenvalue weighted by Gasteiger charge is -2.19. The molecule has 0 aliphatic heterocycles. The number of aromatic nitrogens is 2. The number of aliphatic hydroxyl groups excluding tert-OH is 1. The summed E-state index contributed by atoms with van der Waals surface area (Å²) < 4.78 is 0. The molecular formula is C10H18N4O. The van der Waals surface area contributed by atoms with E-state index in [0.717, 1.165) is 13.1 Å². The molecular weight excluding hydrogens is 192 g/mol. The average Bonchev–Trinajstić information content (AvgIpc) is 2.30. The summed E-state index contributed by atoms with van der Waals surface area (Å²) in [5.41, 5.74) is 6.36. The zero-order valence-electron chi connectivity index (χ0n) is 9.22. The van der Waals surface area contributed by atoms with Crippen LogP contribution in [-0.2, 0) is 0 Å². The summed E-state index contributed by atoms with van der Waals surface area (Å²) in [5, 5.41) is 8.93. The van der Waals surface area contributed by atoms with E-state index < -0.39 is 6.04 Å². The Morgan fingerprint density at radius 3 is 2.67 bits per heavy atom. The molecule has 0 spiro atoms. The van der Waals surface area contributed by atoms with E-state index in [1.165, 1.54) is 0 Å². The molecule has 0 bridgehead atoms. The fourth-order valence-corrected chi connectivity index (χ4v) is 1.32. The molecule has 1 rings (SSSR count). The number of nitrogens with zero attached hydrogens (tertiary/aromatic N) is 3. The molecule has 0 radical (unpaired) electrons. The topological polar surface area (TPSA) is 75.3 Å². The van der Waals surface area contributed by atoms with Crippen molar-refractivity contribution >= 4 is 5.95 Å². The first kappa shape index (κ1) is 11.9. The third-order valence-electron chi connectivity index (χ3n) is 2.29. The van der Waals surface area contributed by atoms with Crippen LogP contribution >= 0.6 is 0 Å². The molecule has 5 heteroatoms. The summed E-state index contributed by atoms with van der Waals surface area (Å²) in [6.45, 7) is 5.70. The van der Waals surface area contributed by atoms with Crippen LogP contribution in [0.3, 0.4) is 0 Å². The minimum absolute atomic E-state index is 0.102. The van der Waals surface area contributed by atoms with Gasteiger partial charge in [-0.05, 0) is 19.9 Å². The van der Waals surface area contributed by atoms with Crippen LogP contribution in [0.1, 0.15) is 25.6 Å². The van der Waals surface area contributed by atoms with E-state index in [9.17, 15) is 0 Å². The molecule has 84 valence electrons. The van der Waals surface area contributed by atoms with Crippen molar-refractivity contribution in [1.82, 2.24) is 9.97 Å². The van der Waals surface area contributed by atoms with Gasteiger partial charge in [-0.3, -0.25) is 0 Å². The van der Waals surface area contributed by atoms with Crippen LogP contribution in [0.25, 0.3) is 0 Å². The van der Waals surface area contributed by atoms with Gasteiger partial charge in [-0.15, -0.1) is 0 Å². The third kappa shape index (κ3) is 2.87. The summed E-state index contributed by atoms with van der Waals surface area (Å²) in [4.78, 5) is 10.5. The first-order valence-corrected chi connectivity index (χ1v) is 5.17. The molecule has 0 saturated heterocycles. The van der Waals surface area contributed by atoms with Gasteiger partial charge in [-0.1, -0.05) is 0 Å². The molecule has 0 fully saturated rings. The van der Waals surface area contributed by atoms with Crippen molar-refractivity contribution in [1.29, 1.82) is 0 Å². The number of hydrogen-bond donors (Lipinski definition) is 2. The Bertz CT molecular complexity index is 301. The normalized spacial score (nSPS) is 12.5. The van der Waals surface area contributed by atoms with E-state index in [1.54, 1.807) is 12.3 Å². The fraction of sp³-hybridized carbons (Fsp3) is 0.600. The van der Waals surface area contributed by atoms with Crippen molar-refractivity contribution in [2.45, 2.75) is 19.9 Å². The second-order valence-electron chi connectivity index (χ2n) is 3.24. The van der Waals surface area contributed by atoms with Crippen LogP contribution in [-0.4, -0.2) is 34.8 Å². The zero-order chi connectivity index (χ0) is 11.3. The maximum Gasteiger partial charge on any atom is 0.225 e. The highest BCUT2D eigenvalue weighted by atomic mass is 16.3. The quantitative estimate of drug-likeness (QED) is 0.731. The van der Waals surface area contributed by atoms with Crippen LogP contribution in [0, 0.1) is 0 Å². The lowest BCUT2D eigenvalue weighted by molar-refractivity contribution is 0.266. The largest absolute Gasteiger partial charge is 0.394 e. The van der Waals surface area contributed by atoms with E-state index in [0.29, 0.717) is 11.6 Å². The molecule has 1 aromatic heterocycles. The number of nitrogens with two attached hydrogens (primary N) is 1. The molecule has 15 heavy (non-hydrogen) atoms. The van der Waals surface area contributed by atoms with Gasteiger partial charge in [0, 0.05) is 19.3 Å². The number of hydrogen-bond acceptors (Lipinski definition) is 5. The lowest BCUT2D eigenvalue weighted by atomic mass is 10.2. The smallest absolute Gasteiger partial charge is 0.225 e. The van der Waals surface area contributed by atoms with E-state index in [4.69, 9.17) is 10.8 Å². The van der Waals surface area contributed by atoms with Crippen molar-refractivity contribution in [2.75, 3.05) is 24.6 Å². The molecule has 0 aromatic carbocycles. The highest BCUT2D eigenvalue weighted by molar-refractivity contribution is 5.30. The van der Waals surface area contributed by atoms with Crippen LogP contribution in [0.2, 0.25) is 0 Å². The Labute approximate surface area is 90.0 Å². The average molecular weight is 210 g/mol. The van der Waals surface area contributed by atoms with Crippen molar-refractivity contribution < 1.29 is 5.11 Å². The van der Waals surface area contributed by atoms with Gasteiger partial charge in [0.2, 0.25) is 5.95 Å². The minimum atomic E-state index is -0.428. The van der Waals surface area contributed by atoms with Gasteiger partial charge in [0.05, 0.1) is 18.3 Å². The molecule has 1 aromatic rings. The molecule has 0 amide bonds. The lowest BCUT2D eigenvalue weighted by Crippen LogP contribution is -2.25. The Morgan fingerprint density at radius 2 is 2.13 bits per heavy atom.